The van der Waals surface area contributed by atoms with E-state index in [0.717, 1.165) is 5.56 Å². The number of carbonyl (C=O) groups excluding carboxylic acids is 3. The number of Topliss-reactive ketones (excluding diaryl/α,β-unsaturated/α-hetero) is 1. The summed E-state index contributed by atoms with van der Waals surface area (Å²) in [5.74, 6) is 0.821. The van der Waals surface area contributed by atoms with Crippen molar-refractivity contribution >= 4 is 17.6 Å². The second-order valence-corrected chi connectivity index (χ2v) is 10.1. The number of piperidine rings is 1. The van der Waals surface area contributed by atoms with Gasteiger partial charge < -0.3 is 19.7 Å². The average Bonchev–Trinajstić information content (AvgIpc) is 2.82. The normalized spacial score (nSPS) is 17.1. The highest BCUT2D eigenvalue weighted by atomic mass is 16.5. The Morgan fingerprint density at radius 3 is 2.38 bits per heavy atom. The summed E-state index contributed by atoms with van der Waals surface area (Å²) in [6.45, 7) is 7.24. The number of hydrogen-bond acceptors (Lipinski definition) is 5. The summed E-state index contributed by atoms with van der Waals surface area (Å²) in [4.78, 5) is 39.7. The molecule has 0 saturated carbocycles. The molecule has 1 spiro atoms. The van der Waals surface area contributed by atoms with Crippen LogP contribution in [-0.4, -0.2) is 54.8 Å². The van der Waals surface area contributed by atoms with Crippen LogP contribution in [0.4, 0.5) is 0 Å². The monoisotopic (exact) mass is 464 g/mol. The van der Waals surface area contributed by atoms with Gasteiger partial charge in [-0.1, -0.05) is 32.9 Å². The molecule has 0 radical (unpaired) electrons. The lowest BCUT2D eigenvalue weighted by atomic mass is 9.82. The molecule has 1 saturated heterocycles. The molecule has 0 bridgehead atoms. The molecule has 34 heavy (non-hydrogen) atoms. The van der Waals surface area contributed by atoms with E-state index in [0.29, 0.717) is 55.0 Å². The van der Waals surface area contributed by atoms with Crippen molar-refractivity contribution in [3.8, 4) is 11.5 Å². The van der Waals surface area contributed by atoms with Gasteiger partial charge in [-0.15, -0.1) is 0 Å². The molecule has 2 aromatic carbocycles. The molecule has 1 N–H and O–H groups in total. The second-order valence-electron chi connectivity index (χ2n) is 10.1. The number of hydrogen-bond donors (Lipinski definition) is 1. The molecule has 0 aliphatic carbocycles. The molecular formula is C27H32N2O5. The van der Waals surface area contributed by atoms with Crippen LogP contribution in [0.1, 0.15) is 66.3 Å². The molecule has 2 aromatic rings. The molecule has 2 amide bonds. The highest BCUT2D eigenvalue weighted by Crippen LogP contribution is 2.40. The third-order valence-corrected chi connectivity index (χ3v) is 6.74. The van der Waals surface area contributed by atoms with Gasteiger partial charge in [0, 0.05) is 37.6 Å². The Hall–Kier alpha value is -3.35. The summed E-state index contributed by atoms with van der Waals surface area (Å²) in [7, 11) is 1.58. The number of ketones is 1. The van der Waals surface area contributed by atoms with E-state index in [1.165, 1.54) is 0 Å². The third-order valence-electron chi connectivity index (χ3n) is 6.74. The molecule has 2 heterocycles. The van der Waals surface area contributed by atoms with Crippen LogP contribution in [-0.2, 0) is 10.2 Å². The van der Waals surface area contributed by atoms with E-state index < -0.39 is 5.60 Å². The van der Waals surface area contributed by atoms with Crippen molar-refractivity contribution in [3.05, 3.63) is 59.2 Å². The Morgan fingerprint density at radius 2 is 1.76 bits per heavy atom. The first-order valence-electron chi connectivity index (χ1n) is 11.7. The van der Waals surface area contributed by atoms with Crippen LogP contribution in [0.5, 0.6) is 11.5 Å². The molecule has 7 nitrogen and oxygen atoms in total. The maximum atomic E-state index is 12.7. The van der Waals surface area contributed by atoms with Crippen molar-refractivity contribution in [2.45, 2.75) is 51.0 Å². The molecule has 0 atom stereocenters. The van der Waals surface area contributed by atoms with Crippen LogP contribution < -0.4 is 14.8 Å². The summed E-state index contributed by atoms with van der Waals surface area (Å²) in [6, 6.07) is 12.7. The third kappa shape index (κ3) is 4.93. The minimum atomic E-state index is -0.606. The lowest BCUT2D eigenvalue weighted by Gasteiger charge is -2.44. The minimum absolute atomic E-state index is 0.0113. The highest BCUT2D eigenvalue weighted by Gasteiger charge is 2.43. The molecule has 4 rings (SSSR count). The van der Waals surface area contributed by atoms with Crippen molar-refractivity contribution in [2.75, 3.05) is 26.7 Å². The van der Waals surface area contributed by atoms with Crippen molar-refractivity contribution in [1.29, 1.82) is 0 Å². The molecular weight excluding hydrogens is 432 g/mol. The first-order valence-corrected chi connectivity index (χ1v) is 11.7. The molecule has 2 aliphatic rings. The number of benzene rings is 2. The van der Waals surface area contributed by atoms with E-state index in [4.69, 9.17) is 9.47 Å². The van der Waals surface area contributed by atoms with Gasteiger partial charge in [-0.05, 0) is 35.2 Å². The van der Waals surface area contributed by atoms with E-state index in [1.807, 2.05) is 12.1 Å². The van der Waals surface area contributed by atoms with Crippen LogP contribution in [0.2, 0.25) is 0 Å². The van der Waals surface area contributed by atoms with Crippen molar-refractivity contribution in [2.24, 2.45) is 0 Å². The molecule has 2 aliphatic heterocycles. The standard InChI is InChI=1S/C27H32N2O5/c1-26(2,3)19-7-5-18(6-8-19)25(32)28-17-24(31)29-13-11-27(12-14-29)16-22(30)21-10-9-20(33-4)15-23(21)34-27/h5-10,15H,11-14,16-17H2,1-4H3,(H,28,32). The maximum absolute atomic E-state index is 12.7. The number of methoxy groups -OCH3 is 1. The number of carbonyl (C=O) groups is 3. The van der Waals surface area contributed by atoms with Crippen LogP contribution in [0.3, 0.4) is 0 Å². The fourth-order valence-electron chi connectivity index (χ4n) is 4.54. The summed E-state index contributed by atoms with van der Waals surface area (Å²) in [6.07, 6.45) is 1.42. The average molecular weight is 465 g/mol. The van der Waals surface area contributed by atoms with Gasteiger partial charge in [-0.2, -0.15) is 0 Å². The number of fused-ring (bicyclic) bond motifs is 1. The Balaban J connectivity index is 1.31. The van der Waals surface area contributed by atoms with Gasteiger partial charge in [-0.25, -0.2) is 0 Å². The van der Waals surface area contributed by atoms with Crippen LogP contribution in [0.15, 0.2) is 42.5 Å². The van der Waals surface area contributed by atoms with Crippen LogP contribution >= 0.6 is 0 Å². The van der Waals surface area contributed by atoms with E-state index in [9.17, 15) is 14.4 Å². The summed E-state index contributed by atoms with van der Waals surface area (Å²) < 4.78 is 11.5. The Morgan fingerprint density at radius 1 is 1.09 bits per heavy atom. The van der Waals surface area contributed by atoms with E-state index in [1.54, 1.807) is 42.3 Å². The zero-order valence-corrected chi connectivity index (χ0v) is 20.3. The second kappa shape index (κ2) is 9.12. The molecule has 0 unspecified atom stereocenters. The predicted molar refractivity (Wildman–Crippen MR) is 129 cm³/mol. The Kier molecular flexibility index (Phi) is 6.39. The first kappa shape index (κ1) is 23.8. The maximum Gasteiger partial charge on any atom is 0.251 e. The number of likely N-dealkylation sites (tertiary alicyclic amines) is 1. The van der Waals surface area contributed by atoms with Crippen LogP contribution in [0, 0.1) is 0 Å². The SMILES string of the molecule is COc1ccc2c(c1)OC1(CCN(C(=O)CNC(=O)c3ccc(C(C)(C)C)cc3)CC1)CC2=O. The highest BCUT2D eigenvalue weighted by molar-refractivity contribution is 6.00. The van der Waals surface area contributed by atoms with Crippen LogP contribution in [0.25, 0.3) is 0 Å². The fourth-order valence-corrected chi connectivity index (χ4v) is 4.54. The largest absolute Gasteiger partial charge is 0.497 e. The van der Waals surface area contributed by atoms with E-state index >= 15 is 0 Å². The van der Waals surface area contributed by atoms with Gasteiger partial charge in [-0.3, -0.25) is 14.4 Å². The summed E-state index contributed by atoms with van der Waals surface area (Å²) in [5, 5.41) is 2.73. The van der Waals surface area contributed by atoms with Crippen molar-refractivity contribution in [1.82, 2.24) is 10.2 Å². The zero-order chi connectivity index (χ0) is 24.5. The number of nitrogens with zero attached hydrogens (tertiary/aromatic N) is 1. The van der Waals surface area contributed by atoms with Gasteiger partial charge in [0.25, 0.3) is 5.91 Å². The van der Waals surface area contributed by atoms with Gasteiger partial charge in [0.15, 0.2) is 5.78 Å². The zero-order valence-electron chi connectivity index (χ0n) is 20.3. The van der Waals surface area contributed by atoms with Gasteiger partial charge >= 0.3 is 0 Å². The van der Waals surface area contributed by atoms with Gasteiger partial charge in [0.2, 0.25) is 5.91 Å². The molecule has 7 heteroatoms. The number of rotatable bonds is 4. The van der Waals surface area contributed by atoms with Crippen molar-refractivity contribution in [3.63, 3.8) is 0 Å². The topological polar surface area (TPSA) is 84.9 Å². The molecule has 1 fully saturated rings. The van der Waals surface area contributed by atoms with Crippen molar-refractivity contribution < 1.29 is 23.9 Å². The quantitative estimate of drug-likeness (QED) is 0.745. The predicted octanol–water partition coefficient (Wildman–Crippen LogP) is 3.75. The Labute approximate surface area is 200 Å². The minimum Gasteiger partial charge on any atom is -0.497 e. The van der Waals surface area contributed by atoms with E-state index in [-0.39, 0.29) is 29.6 Å². The first-order chi connectivity index (χ1) is 16.1. The number of nitrogens with one attached hydrogen (secondary N) is 1. The molecule has 0 aromatic heterocycles. The fraction of sp³-hybridized carbons (Fsp3) is 0.444. The summed E-state index contributed by atoms with van der Waals surface area (Å²) in [5.41, 5.74) is 1.65. The summed E-state index contributed by atoms with van der Waals surface area (Å²) >= 11 is 0. The number of ether oxygens (including phenoxy) is 2. The van der Waals surface area contributed by atoms with Gasteiger partial charge in [0.05, 0.1) is 25.6 Å². The smallest absolute Gasteiger partial charge is 0.251 e. The number of amides is 2. The lowest BCUT2D eigenvalue weighted by molar-refractivity contribution is -0.133. The van der Waals surface area contributed by atoms with Gasteiger partial charge in [0.1, 0.15) is 17.1 Å². The Bertz CT molecular complexity index is 1090. The molecule has 180 valence electrons. The lowest BCUT2D eigenvalue weighted by Crippen LogP contribution is -2.53. The van der Waals surface area contributed by atoms with E-state index in [2.05, 4.69) is 26.1 Å².